The highest BCUT2D eigenvalue weighted by Crippen LogP contribution is 2.31. The third-order valence-corrected chi connectivity index (χ3v) is 5.26. The number of amides is 1. The summed E-state index contributed by atoms with van der Waals surface area (Å²) < 4.78 is 0. The van der Waals surface area contributed by atoms with E-state index in [4.69, 9.17) is 12.2 Å². The van der Waals surface area contributed by atoms with E-state index in [-0.39, 0.29) is 16.4 Å². The van der Waals surface area contributed by atoms with E-state index in [1.807, 2.05) is 4.90 Å². The molecule has 10 heteroatoms. The lowest BCUT2D eigenvalue weighted by Crippen LogP contribution is -2.41. The van der Waals surface area contributed by atoms with Crippen LogP contribution in [-0.2, 0) is 0 Å². The molecule has 0 unspecified atom stereocenters. The number of thiocarbonyl (C=S) groups is 1. The van der Waals surface area contributed by atoms with E-state index in [9.17, 15) is 14.9 Å². The standard InChI is InChI=1S/C16H19N5O3S2/c22-14(18-15(25)19-16-17-6-9-26-16)11-4-5-12(13(10-11)21(23)24)20-7-2-1-3-8-20/h4-5,10H,1-3,6-9H2,(H2,17,18,19,22,25). The summed E-state index contributed by atoms with van der Waals surface area (Å²) in [6, 6.07) is 4.55. The molecule has 3 rings (SSSR count). The molecule has 26 heavy (non-hydrogen) atoms. The molecule has 0 saturated carbocycles. The molecule has 0 aliphatic carbocycles. The minimum atomic E-state index is -0.487. The molecule has 2 N–H and O–H groups in total. The van der Waals surface area contributed by atoms with E-state index in [0.717, 1.165) is 38.1 Å². The Bertz CT molecular complexity index is 762. The summed E-state index contributed by atoms with van der Waals surface area (Å²) in [4.78, 5) is 29.6. The molecule has 8 nitrogen and oxygen atoms in total. The molecule has 0 spiro atoms. The zero-order valence-electron chi connectivity index (χ0n) is 14.1. The Morgan fingerprint density at radius 1 is 1.31 bits per heavy atom. The van der Waals surface area contributed by atoms with Crippen LogP contribution in [0.2, 0.25) is 0 Å². The molecule has 2 heterocycles. The summed E-state index contributed by atoms with van der Waals surface area (Å²) in [5.74, 6) is 0.391. The van der Waals surface area contributed by atoms with Gasteiger partial charge in [0, 0.05) is 30.5 Å². The Kier molecular flexibility index (Phi) is 6.04. The van der Waals surface area contributed by atoms with Crippen molar-refractivity contribution in [3.05, 3.63) is 33.9 Å². The van der Waals surface area contributed by atoms with Crippen LogP contribution in [0.5, 0.6) is 0 Å². The average Bonchev–Trinajstić information content (AvgIpc) is 3.14. The normalized spacial score (nSPS) is 16.8. The number of amidine groups is 1. The van der Waals surface area contributed by atoms with Crippen LogP contribution in [0.4, 0.5) is 11.4 Å². The van der Waals surface area contributed by atoms with Gasteiger partial charge in [-0.25, -0.2) is 0 Å². The van der Waals surface area contributed by atoms with Gasteiger partial charge in [-0.2, -0.15) is 0 Å². The summed E-state index contributed by atoms with van der Waals surface area (Å²) in [5.41, 5.74) is 0.695. The lowest BCUT2D eigenvalue weighted by atomic mass is 10.1. The van der Waals surface area contributed by atoms with E-state index in [0.29, 0.717) is 17.4 Å². The van der Waals surface area contributed by atoms with Gasteiger partial charge in [-0.1, -0.05) is 11.8 Å². The number of nitrogens with one attached hydrogen (secondary N) is 2. The second kappa shape index (κ2) is 8.45. The first kappa shape index (κ1) is 18.6. The number of nitro groups is 1. The van der Waals surface area contributed by atoms with Crippen molar-refractivity contribution in [2.45, 2.75) is 19.3 Å². The maximum absolute atomic E-state index is 12.4. The van der Waals surface area contributed by atoms with Gasteiger partial charge in [-0.3, -0.25) is 25.2 Å². The zero-order chi connectivity index (χ0) is 18.5. The quantitative estimate of drug-likeness (QED) is 0.462. The highest BCUT2D eigenvalue weighted by molar-refractivity contribution is 8.14. The summed E-state index contributed by atoms with van der Waals surface area (Å²) in [6.45, 7) is 2.30. The number of thioether (sulfide) groups is 1. The minimum absolute atomic E-state index is 0.0610. The smallest absolute Gasteiger partial charge is 0.293 e. The van der Waals surface area contributed by atoms with Crippen LogP contribution in [-0.4, -0.2) is 46.5 Å². The van der Waals surface area contributed by atoms with Crippen LogP contribution in [0.25, 0.3) is 0 Å². The maximum Gasteiger partial charge on any atom is 0.293 e. The van der Waals surface area contributed by atoms with Crippen LogP contribution in [0, 0.1) is 10.1 Å². The summed E-state index contributed by atoms with van der Waals surface area (Å²) in [7, 11) is 0. The second-order valence-corrected chi connectivity index (χ2v) is 7.44. The van der Waals surface area contributed by atoms with Crippen molar-refractivity contribution in [2.75, 3.05) is 30.3 Å². The topological polar surface area (TPSA) is 99.9 Å². The average molecular weight is 393 g/mol. The summed E-state index contributed by atoms with van der Waals surface area (Å²) in [6.07, 6.45) is 3.17. The van der Waals surface area contributed by atoms with Gasteiger partial charge >= 0.3 is 0 Å². The van der Waals surface area contributed by atoms with Gasteiger partial charge in [-0.05, 0) is 43.6 Å². The molecule has 0 bridgehead atoms. The number of carbonyl (C=O) groups excluding carboxylic acids is 1. The predicted octanol–water partition coefficient (Wildman–Crippen LogP) is 2.29. The van der Waals surface area contributed by atoms with Crippen molar-refractivity contribution < 1.29 is 9.72 Å². The van der Waals surface area contributed by atoms with Gasteiger partial charge < -0.3 is 10.2 Å². The molecule has 1 saturated heterocycles. The number of rotatable bonds is 3. The van der Waals surface area contributed by atoms with Crippen molar-refractivity contribution >= 4 is 51.5 Å². The lowest BCUT2D eigenvalue weighted by molar-refractivity contribution is -0.384. The Balaban J connectivity index is 1.72. The predicted molar refractivity (Wildman–Crippen MR) is 107 cm³/mol. The van der Waals surface area contributed by atoms with Gasteiger partial charge in [0.15, 0.2) is 10.3 Å². The van der Waals surface area contributed by atoms with Gasteiger partial charge in [-0.15, -0.1) is 0 Å². The van der Waals surface area contributed by atoms with Crippen molar-refractivity contribution in [3.8, 4) is 0 Å². The number of carbonyl (C=O) groups is 1. The van der Waals surface area contributed by atoms with Crippen LogP contribution in [0.1, 0.15) is 29.6 Å². The van der Waals surface area contributed by atoms with Crippen LogP contribution in [0.3, 0.4) is 0 Å². The first-order chi connectivity index (χ1) is 12.5. The Hall–Kier alpha value is -2.20. The number of hydrogen-bond acceptors (Lipinski definition) is 7. The number of nitrogens with zero attached hydrogens (tertiary/aromatic N) is 3. The molecule has 1 aromatic carbocycles. The van der Waals surface area contributed by atoms with Crippen molar-refractivity contribution in [2.24, 2.45) is 4.99 Å². The molecular weight excluding hydrogens is 374 g/mol. The first-order valence-corrected chi connectivity index (χ1v) is 9.77. The van der Waals surface area contributed by atoms with Gasteiger partial charge in [0.1, 0.15) is 5.69 Å². The van der Waals surface area contributed by atoms with E-state index < -0.39 is 10.8 Å². The van der Waals surface area contributed by atoms with Crippen molar-refractivity contribution in [1.29, 1.82) is 0 Å². The highest BCUT2D eigenvalue weighted by Gasteiger charge is 2.23. The minimum Gasteiger partial charge on any atom is -0.366 e. The molecule has 0 aromatic heterocycles. The number of nitro benzene ring substituents is 1. The van der Waals surface area contributed by atoms with Crippen LogP contribution >= 0.6 is 24.0 Å². The maximum atomic E-state index is 12.4. The molecule has 2 aliphatic rings. The molecule has 0 radical (unpaired) electrons. The first-order valence-electron chi connectivity index (χ1n) is 8.37. The van der Waals surface area contributed by atoms with Crippen molar-refractivity contribution in [1.82, 2.24) is 10.6 Å². The molecule has 138 valence electrons. The fourth-order valence-electron chi connectivity index (χ4n) is 2.93. The summed E-state index contributed by atoms with van der Waals surface area (Å²) >= 11 is 6.62. The SMILES string of the molecule is O=C(NC(=S)NC1=NCCS1)c1ccc(N2CCCCC2)c([N+](=O)[O-])c1. The van der Waals surface area contributed by atoms with Crippen molar-refractivity contribution in [3.63, 3.8) is 0 Å². The molecule has 1 aromatic rings. The number of benzene rings is 1. The molecular formula is C16H19N5O3S2. The zero-order valence-corrected chi connectivity index (χ0v) is 15.7. The van der Waals surface area contributed by atoms with E-state index >= 15 is 0 Å². The van der Waals surface area contributed by atoms with E-state index in [1.165, 1.54) is 17.8 Å². The Morgan fingerprint density at radius 2 is 2.08 bits per heavy atom. The largest absolute Gasteiger partial charge is 0.366 e. The number of hydrogen-bond donors (Lipinski definition) is 2. The number of aliphatic imine (C=N–C) groups is 1. The van der Waals surface area contributed by atoms with Gasteiger partial charge in [0.25, 0.3) is 11.6 Å². The third-order valence-electron chi connectivity index (χ3n) is 4.16. The monoisotopic (exact) mass is 393 g/mol. The van der Waals surface area contributed by atoms with E-state index in [2.05, 4.69) is 15.6 Å². The Labute approximate surface area is 160 Å². The second-order valence-electron chi connectivity index (χ2n) is 5.95. The third kappa shape index (κ3) is 4.50. The van der Waals surface area contributed by atoms with E-state index in [1.54, 1.807) is 12.1 Å². The van der Waals surface area contributed by atoms with Crippen LogP contribution in [0.15, 0.2) is 23.2 Å². The number of anilines is 1. The lowest BCUT2D eigenvalue weighted by Gasteiger charge is -2.28. The Morgan fingerprint density at radius 3 is 2.73 bits per heavy atom. The van der Waals surface area contributed by atoms with Gasteiger partial charge in [0.05, 0.1) is 11.5 Å². The fraction of sp³-hybridized carbons (Fsp3) is 0.438. The fourth-order valence-corrected chi connectivity index (χ4v) is 3.91. The van der Waals surface area contributed by atoms with Gasteiger partial charge in [0.2, 0.25) is 0 Å². The molecule has 1 amide bonds. The number of piperidine rings is 1. The van der Waals surface area contributed by atoms with Crippen LogP contribution < -0.4 is 15.5 Å². The highest BCUT2D eigenvalue weighted by atomic mass is 32.2. The molecule has 0 atom stereocenters. The molecule has 1 fully saturated rings. The summed E-state index contributed by atoms with van der Waals surface area (Å²) in [5, 5.41) is 17.7. The molecule has 2 aliphatic heterocycles.